The minimum Gasteiger partial charge on any atom is -0.492 e. The lowest BCUT2D eigenvalue weighted by Crippen LogP contribution is -2.04. The summed E-state index contributed by atoms with van der Waals surface area (Å²) < 4.78 is 8.78. The van der Waals surface area contributed by atoms with Gasteiger partial charge in [-0.1, -0.05) is 22.0 Å². The number of benzene rings is 2. The van der Waals surface area contributed by atoms with Crippen molar-refractivity contribution in [3.63, 3.8) is 0 Å². The van der Waals surface area contributed by atoms with Crippen molar-refractivity contribution in [2.24, 2.45) is 0 Å². The van der Waals surface area contributed by atoms with Crippen LogP contribution in [0.15, 0.2) is 43.7 Å². The maximum atomic E-state index is 5.75. The summed E-state index contributed by atoms with van der Waals surface area (Å²) in [5, 5.41) is 3.45. The molecular weight excluding hydrogens is 462 g/mol. The van der Waals surface area contributed by atoms with Crippen LogP contribution in [0.25, 0.3) is 0 Å². The number of anilines is 1. The first kappa shape index (κ1) is 16.8. The number of rotatable bonds is 5. The van der Waals surface area contributed by atoms with E-state index in [4.69, 9.17) is 4.74 Å². The van der Waals surface area contributed by atoms with Gasteiger partial charge in [-0.25, -0.2) is 0 Å². The Bertz CT molecular complexity index is 644. The summed E-state index contributed by atoms with van der Waals surface area (Å²) >= 11 is 10.7. The molecule has 0 fully saturated rings. The minimum absolute atomic E-state index is 0.640. The predicted molar refractivity (Wildman–Crippen MR) is 99.2 cm³/mol. The largest absolute Gasteiger partial charge is 0.492 e. The molecule has 0 saturated heterocycles. The molecule has 0 bridgehead atoms. The Morgan fingerprint density at radius 3 is 2.52 bits per heavy atom. The van der Waals surface area contributed by atoms with E-state index in [9.17, 15) is 0 Å². The number of hydrogen-bond acceptors (Lipinski definition) is 2. The Hall–Kier alpha value is -0.520. The summed E-state index contributed by atoms with van der Waals surface area (Å²) in [7, 11) is 0. The molecule has 0 aliphatic rings. The third kappa shape index (κ3) is 4.47. The number of hydrogen-bond donors (Lipinski definition) is 1. The standard InChI is InChI=1S/C16H16Br3NO/c1-3-21-16-11(7-12(17)8-14(16)19)9-20-15-6-10(2)4-5-13(15)18/h4-8,20H,3,9H2,1-2H3. The SMILES string of the molecule is CCOc1c(Br)cc(Br)cc1CNc1cc(C)ccc1Br. The van der Waals surface area contributed by atoms with Crippen molar-refractivity contribution in [1.82, 2.24) is 0 Å². The second-order valence-corrected chi connectivity index (χ2v) is 7.27. The Morgan fingerprint density at radius 1 is 1.05 bits per heavy atom. The van der Waals surface area contributed by atoms with Gasteiger partial charge in [-0.05, 0) is 75.5 Å². The first-order valence-electron chi connectivity index (χ1n) is 6.62. The highest BCUT2D eigenvalue weighted by Crippen LogP contribution is 2.34. The quantitative estimate of drug-likeness (QED) is 0.546. The highest BCUT2D eigenvalue weighted by molar-refractivity contribution is 9.11. The molecular formula is C16H16Br3NO. The van der Waals surface area contributed by atoms with Gasteiger partial charge in [0.15, 0.2) is 0 Å². The van der Waals surface area contributed by atoms with Crippen LogP contribution in [0.2, 0.25) is 0 Å². The predicted octanol–water partition coefficient (Wildman–Crippen LogP) is 6.29. The number of halogens is 3. The summed E-state index contributed by atoms with van der Waals surface area (Å²) in [5.74, 6) is 0.886. The second-order valence-electron chi connectivity index (χ2n) is 4.65. The molecule has 0 aromatic heterocycles. The third-order valence-corrected chi connectivity index (χ3v) is 4.70. The summed E-state index contributed by atoms with van der Waals surface area (Å²) in [6.45, 7) is 5.40. The molecule has 5 heteroatoms. The van der Waals surface area contributed by atoms with E-state index in [1.165, 1.54) is 5.56 Å². The van der Waals surface area contributed by atoms with Crippen LogP contribution in [0.1, 0.15) is 18.1 Å². The number of aryl methyl sites for hydroxylation is 1. The highest BCUT2D eigenvalue weighted by Gasteiger charge is 2.10. The van der Waals surface area contributed by atoms with Crippen LogP contribution in [0.5, 0.6) is 5.75 Å². The normalized spacial score (nSPS) is 10.5. The fourth-order valence-corrected chi connectivity index (χ4v) is 3.83. The van der Waals surface area contributed by atoms with E-state index in [2.05, 4.69) is 84.3 Å². The van der Waals surface area contributed by atoms with Crippen molar-refractivity contribution in [3.05, 3.63) is 54.9 Å². The molecule has 0 atom stereocenters. The van der Waals surface area contributed by atoms with Gasteiger partial charge in [0.1, 0.15) is 5.75 Å². The zero-order valence-electron chi connectivity index (χ0n) is 11.8. The summed E-state index contributed by atoms with van der Waals surface area (Å²) in [6, 6.07) is 10.3. The Balaban J connectivity index is 2.25. The molecule has 112 valence electrons. The molecule has 2 aromatic carbocycles. The molecule has 2 nitrogen and oxygen atoms in total. The molecule has 0 spiro atoms. The number of ether oxygens (including phenoxy) is 1. The van der Waals surface area contributed by atoms with Crippen LogP contribution in [0, 0.1) is 6.92 Å². The van der Waals surface area contributed by atoms with Crippen LogP contribution in [-0.2, 0) is 6.54 Å². The summed E-state index contributed by atoms with van der Waals surface area (Å²) in [6.07, 6.45) is 0. The number of nitrogens with one attached hydrogen (secondary N) is 1. The second kappa shape index (κ2) is 7.65. The fourth-order valence-electron chi connectivity index (χ4n) is 2.02. The van der Waals surface area contributed by atoms with E-state index in [-0.39, 0.29) is 0 Å². The van der Waals surface area contributed by atoms with E-state index < -0.39 is 0 Å². The van der Waals surface area contributed by atoms with Crippen LogP contribution in [0.4, 0.5) is 5.69 Å². The Kier molecular flexibility index (Phi) is 6.14. The van der Waals surface area contributed by atoms with Gasteiger partial charge >= 0.3 is 0 Å². The van der Waals surface area contributed by atoms with Crippen molar-refractivity contribution in [1.29, 1.82) is 0 Å². The van der Waals surface area contributed by atoms with E-state index in [0.29, 0.717) is 13.2 Å². The lowest BCUT2D eigenvalue weighted by molar-refractivity contribution is 0.334. The molecule has 2 rings (SSSR count). The van der Waals surface area contributed by atoms with Gasteiger partial charge in [0.25, 0.3) is 0 Å². The smallest absolute Gasteiger partial charge is 0.138 e. The van der Waals surface area contributed by atoms with Crippen molar-refractivity contribution in [2.75, 3.05) is 11.9 Å². The van der Waals surface area contributed by atoms with Crippen molar-refractivity contribution in [2.45, 2.75) is 20.4 Å². The third-order valence-electron chi connectivity index (χ3n) is 2.97. The first-order chi connectivity index (χ1) is 10.0. The lowest BCUT2D eigenvalue weighted by atomic mass is 10.2. The Morgan fingerprint density at radius 2 is 1.81 bits per heavy atom. The molecule has 0 aliphatic carbocycles. The average Bonchev–Trinajstić information content (AvgIpc) is 2.43. The zero-order valence-corrected chi connectivity index (χ0v) is 16.6. The van der Waals surface area contributed by atoms with Gasteiger partial charge in [-0.2, -0.15) is 0 Å². The molecule has 0 amide bonds. The van der Waals surface area contributed by atoms with E-state index >= 15 is 0 Å². The molecule has 2 aromatic rings. The molecule has 0 unspecified atom stereocenters. The van der Waals surface area contributed by atoms with E-state index in [1.54, 1.807) is 0 Å². The molecule has 21 heavy (non-hydrogen) atoms. The fraction of sp³-hybridized carbons (Fsp3) is 0.250. The Labute approximate surface area is 150 Å². The molecule has 0 aliphatic heterocycles. The van der Waals surface area contributed by atoms with E-state index in [0.717, 1.165) is 30.4 Å². The van der Waals surface area contributed by atoms with Crippen molar-refractivity contribution < 1.29 is 4.74 Å². The zero-order chi connectivity index (χ0) is 15.4. The van der Waals surface area contributed by atoms with Gasteiger partial charge in [-0.15, -0.1) is 0 Å². The van der Waals surface area contributed by atoms with Crippen LogP contribution < -0.4 is 10.1 Å². The van der Waals surface area contributed by atoms with Gasteiger partial charge in [0.05, 0.1) is 11.1 Å². The average molecular weight is 478 g/mol. The molecule has 1 N–H and O–H groups in total. The van der Waals surface area contributed by atoms with Crippen LogP contribution in [-0.4, -0.2) is 6.61 Å². The van der Waals surface area contributed by atoms with Crippen LogP contribution in [0.3, 0.4) is 0 Å². The van der Waals surface area contributed by atoms with Crippen molar-refractivity contribution in [3.8, 4) is 5.75 Å². The summed E-state index contributed by atoms with van der Waals surface area (Å²) in [5.41, 5.74) is 3.40. The van der Waals surface area contributed by atoms with Gasteiger partial charge in [0, 0.05) is 26.7 Å². The highest BCUT2D eigenvalue weighted by atomic mass is 79.9. The van der Waals surface area contributed by atoms with Gasteiger partial charge in [-0.3, -0.25) is 0 Å². The van der Waals surface area contributed by atoms with Crippen LogP contribution >= 0.6 is 47.8 Å². The molecule has 0 heterocycles. The van der Waals surface area contributed by atoms with Gasteiger partial charge in [0.2, 0.25) is 0 Å². The first-order valence-corrected chi connectivity index (χ1v) is 9.00. The van der Waals surface area contributed by atoms with E-state index in [1.807, 2.05) is 13.0 Å². The molecule has 0 saturated carbocycles. The maximum absolute atomic E-state index is 5.75. The van der Waals surface area contributed by atoms with Gasteiger partial charge < -0.3 is 10.1 Å². The minimum atomic E-state index is 0.640. The monoisotopic (exact) mass is 475 g/mol. The maximum Gasteiger partial charge on any atom is 0.138 e. The molecule has 0 radical (unpaired) electrons. The topological polar surface area (TPSA) is 21.3 Å². The lowest BCUT2D eigenvalue weighted by Gasteiger charge is -2.15. The van der Waals surface area contributed by atoms with Crippen molar-refractivity contribution >= 4 is 53.5 Å². The summed E-state index contributed by atoms with van der Waals surface area (Å²) in [4.78, 5) is 0.